The van der Waals surface area contributed by atoms with Crippen LogP contribution in [0.4, 0.5) is 0 Å². The number of furan rings is 1. The molecule has 8 aromatic rings. The molecular weight excluding hydrogens is 857 g/mol. The first-order chi connectivity index (χ1) is 26.0. The second kappa shape index (κ2) is 15.6. The first kappa shape index (κ1) is 36.3. The van der Waals surface area contributed by atoms with E-state index in [1.807, 2.05) is 93.7 Å². The Balaban J connectivity index is 0.000000188. The molecule has 0 saturated carbocycles. The molecule has 54 heavy (non-hydrogen) atoms. The molecule has 0 atom stereocenters. The van der Waals surface area contributed by atoms with Crippen molar-refractivity contribution in [3.63, 3.8) is 0 Å². The topological polar surface area (TPSA) is 56.7 Å². The van der Waals surface area contributed by atoms with Crippen LogP contribution in [0, 0.1) is 25.0 Å². The second-order valence-electron chi connectivity index (χ2n) is 16.0. The summed E-state index contributed by atoms with van der Waals surface area (Å²) in [5, 5.41) is 3.13. The molecule has 0 amide bonds. The number of rotatable bonds is 6. The van der Waals surface area contributed by atoms with Crippen molar-refractivity contribution in [3.8, 4) is 28.3 Å². The third kappa shape index (κ3) is 8.05. The van der Waals surface area contributed by atoms with Gasteiger partial charge in [-0.15, -0.1) is 53.6 Å². The van der Waals surface area contributed by atoms with Gasteiger partial charge in [0.15, 0.2) is 0 Å². The molecule has 0 spiro atoms. The maximum atomic E-state index is 8.69. The van der Waals surface area contributed by atoms with Crippen LogP contribution < -0.4 is 5.19 Å². The molecule has 5 nitrogen and oxygen atoms in total. The molecule has 0 fully saturated rings. The Morgan fingerprint density at radius 2 is 1.57 bits per heavy atom. The maximum Gasteiger partial charge on any atom is 0.216 e. The minimum absolute atomic E-state index is 0. The van der Waals surface area contributed by atoms with E-state index < -0.39 is 14.4 Å². The van der Waals surface area contributed by atoms with Crippen molar-refractivity contribution < 1.29 is 27.3 Å². The van der Waals surface area contributed by atoms with Gasteiger partial charge in [0, 0.05) is 45.8 Å². The molecule has 8 rings (SSSR count). The van der Waals surface area contributed by atoms with Gasteiger partial charge in [-0.2, -0.15) is 0 Å². The van der Waals surface area contributed by atoms with Crippen molar-refractivity contribution in [1.29, 1.82) is 0 Å². The summed E-state index contributed by atoms with van der Waals surface area (Å²) >= 11 is 0. The average molecular weight is 907 g/mol. The van der Waals surface area contributed by atoms with Crippen molar-refractivity contribution in [2.24, 2.45) is 5.92 Å². The third-order valence-electron chi connectivity index (χ3n) is 9.34. The Morgan fingerprint density at radius 3 is 2.30 bits per heavy atom. The molecule has 7 heteroatoms. The summed E-state index contributed by atoms with van der Waals surface area (Å²) < 4.78 is 25.8. The Hall–Kier alpha value is -4.68. The monoisotopic (exact) mass is 907 g/mol. The molecule has 4 aromatic heterocycles. The van der Waals surface area contributed by atoms with Crippen LogP contribution >= 0.6 is 0 Å². The van der Waals surface area contributed by atoms with Crippen LogP contribution in [-0.4, -0.2) is 27.6 Å². The van der Waals surface area contributed by atoms with E-state index in [0.29, 0.717) is 5.71 Å². The van der Waals surface area contributed by atoms with E-state index in [0.717, 1.165) is 72.2 Å². The van der Waals surface area contributed by atoms with E-state index in [2.05, 4.69) is 98.5 Å². The molecule has 0 aliphatic carbocycles. The Bertz CT molecular complexity index is 2650. The van der Waals surface area contributed by atoms with Crippen LogP contribution in [0.1, 0.15) is 54.2 Å². The van der Waals surface area contributed by atoms with Gasteiger partial charge in [0.25, 0.3) is 0 Å². The number of nitrogens with zero attached hydrogens (tertiary/aromatic N) is 4. The molecule has 0 aliphatic heterocycles. The fraction of sp³-hybridized carbons (Fsp3) is 0.255. The van der Waals surface area contributed by atoms with Crippen molar-refractivity contribution in [1.82, 2.24) is 19.5 Å². The normalized spacial score (nSPS) is 12.7. The largest absolute Gasteiger partial charge is 0.486 e. The molecular formula is C47H48IrN4OSi-2. The smallest absolute Gasteiger partial charge is 0.216 e. The molecule has 0 saturated heterocycles. The fourth-order valence-corrected chi connectivity index (χ4v) is 8.03. The number of hydrogen-bond donors (Lipinski definition) is 0. The van der Waals surface area contributed by atoms with E-state index in [4.69, 9.17) is 17.1 Å². The molecule has 277 valence electrons. The predicted octanol–water partition coefficient (Wildman–Crippen LogP) is 11.7. The average Bonchev–Trinajstić information content (AvgIpc) is 3.73. The minimum Gasteiger partial charge on any atom is -0.486 e. The zero-order chi connectivity index (χ0) is 39.3. The molecule has 0 unspecified atom stereocenters. The summed E-state index contributed by atoms with van der Waals surface area (Å²) in [5.41, 5.74) is 10.0. The Morgan fingerprint density at radius 1 is 0.852 bits per heavy atom. The van der Waals surface area contributed by atoms with Gasteiger partial charge in [-0.1, -0.05) is 107 Å². The van der Waals surface area contributed by atoms with E-state index in [-0.39, 0.29) is 31.4 Å². The number of aromatic nitrogens is 4. The fourth-order valence-electron chi connectivity index (χ4n) is 6.62. The molecule has 1 radical (unpaired) electrons. The zero-order valence-electron chi connectivity index (χ0n) is 34.5. The van der Waals surface area contributed by atoms with Crippen LogP contribution in [0.3, 0.4) is 0 Å². The van der Waals surface area contributed by atoms with Crippen molar-refractivity contribution in [3.05, 3.63) is 138 Å². The van der Waals surface area contributed by atoms with Gasteiger partial charge in [0.1, 0.15) is 0 Å². The number of para-hydroxylation sites is 3. The van der Waals surface area contributed by atoms with E-state index >= 15 is 0 Å². The number of hydrogen-bond acceptors (Lipinski definition) is 4. The Kier molecular flexibility index (Phi) is 10.5. The SMILES string of the molecule is Cc1ccc2c(n1)oc1c(-c3nc4ccccc4n3-c3ccccc3)[c-]ccc12.[2H]C([2H])(c1cc(-c2[c-]ccc(C(C)(C)C)c2)ncc1[Si](C)(C)C)C(C)C.[Ir]. The summed E-state index contributed by atoms with van der Waals surface area (Å²) in [4.78, 5) is 14.2. The van der Waals surface area contributed by atoms with Crippen molar-refractivity contribution in [2.45, 2.75) is 73.0 Å². The number of imidazole rings is 1. The Labute approximate surface area is 337 Å². The van der Waals surface area contributed by atoms with Gasteiger partial charge in [-0.05, 0) is 71.9 Å². The minimum atomic E-state index is -1.71. The zero-order valence-corrected chi connectivity index (χ0v) is 35.9. The van der Waals surface area contributed by atoms with Gasteiger partial charge in [-0.3, -0.25) is 4.98 Å². The van der Waals surface area contributed by atoms with Crippen LogP contribution in [0.15, 0.2) is 114 Å². The maximum absolute atomic E-state index is 8.69. The first-order valence-corrected chi connectivity index (χ1v) is 21.8. The van der Waals surface area contributed by atoms with Crippen LogP contribution in [0.5, 0.6) is 0 Å². The summed E-state index contributed by atoms with van der Waals surface area (Å²) in [6.07, 6.45) is 0.531. The van der Waals surface area contributed by atoms with E-state index in [9.17, 15) is 0 Å². The van der Waals surface area contributed by atoms with E-state index in [1.165, 1.54) is 5.56 Å². The van der Waals surface area contributed by atoms with Crippen molar-refractivity contribution in [2.75, 3.05) is 0 Å². The summed E-state index contributed by atoms with van der Waals surface area (Å²) in [5.74, 6) is 0.705. The summed E-state index contributed by atoms with van der Waals surface area (Å²) in [6.45, 7) is 19.2. The molecule has 0 bridgehead atoms. The molecule has 4 heterocycles. The molecule has 4 aromatic carbocycles. The standard InChI is InChI=1S/C25H16N3O.C22H32NSi.Ir/c1-16-14-15-19-18-10-7-11-20(23(18)29-25(19)26-16)24-27-21-12-5-6-13-22(21)28(24)17-8-3-2-4-9-17;1-16(2)12-18-14-20(23-15-21(18)24(6,7)8)17-10-9-11-19(13-17)22(3,4)5;/h2-10,12-15H,1H3;9,11,13-16H,12H2,1-8H3;/q2*-1;/i;12D2;. The van der Waals surface area contributed by atoms with Gasteiger partial charge in [0.05, 0.1) is 30.5 Å². The number of pyridine rings is 2. The third-order valence-corrected chi connectivity index (χ3v) is 11.4. The van der Waals surface area contributed by atoms with Crippen LogP contribution in [-0.2, 0) is 31.9 Å². The number of aryl methyl sites for hydroxylation is 1. The van der Waals surface area contributed by atoms with Gasteiger partial charge in [0.2, 0.25) is 5.71 Å². The van der Waals surface area contributed by atoms with E-state index in [1.54, 1.807) is 0 Å². The van der Waals surface area contributed by atoms with Gasteiger partial charge < -0.3 is 14.0 Å². The van der Waals surface area contributed by atoms with Gasteiger partial charge in [-0.25, -0.2) is 4.98 Å². The van der Waals surface area contributed by atoms with Crippen molar-refractivity contribution >= 4 is 46.4 Å². The number of benzene rings is 4. The quantitative estimate of drug-likeness (QED) is 0.123. The van der Waals surface area contributed by atoms with Gasteiger partial charge >= 0.3 is 0 Å². The molecule has 0 aliphatic rings. The first-order valence-electron chi connectivity index (χ1n) is 19.3. The summed E-state index contributed by atoms with van der Waals surface area (Å²) in [7, 11) is -1.71. The van der Waals surface area contributed by atoms with Crippen LogP contribution in [0.25, 0.3) is 61.4 Å². The molecule has 0 N–H and O–H groups in total. The number of fused-ring (bicyclic) bond motifs is 4. The second-order valence-corrected chi connectivity index (χ2v) is 21.0. The summed E-state index contributed by atoms with van der Waals surface area (Å²) in [6, 6.07) is 41.2. The van der Waals surface area contributed by atoms with Crippen LogP contribution in [0.2, 0.25) is 19.6 Å². The predicted molar refractivity (Wildman–Crippen MR) is 224 cm³/mol.